The smallest absolute Gasteiger partial charge is 0.327 e. The third-order valence-electron chi connectivity index (χ3n) is 9.73. The average Bonchev–Trinajstić information content (AvgIpc) is 3.97. The second-order valence-electron chi connectivity index (χ2n) is 15.3. The Morgan fingerprint density at radius 3 is 1.45 bits per heavy atom. The Hall–Kier alpha value is -6.62. The van der Waals surface area contributed by atoms with Crippen LogP contribution in [0.4, 0.5) is 22.2 Å². The van der Waals surface area contributed by atoms with Crippen LogP contribution in [0.2, 0.25) is 0 Å². The first-order valence-electron chi connectivity index (χ1n) is 20.3. The van der Waals surface area contributed by atoms with Crippen LogP contribution in [-0.4, -0.2) is 155 Å². The SMILES string of the molecule is C[C@H]1COCCN1c1nc(Oc2ccc(C(=O)N(C)C)cc2)nc(-c2cnc(N(C)C)s2)n1.C[C@H]1COCCN1c1nc(Oc2ccc(C(=O)N(C)C)cc2)nc(-c2cnc(N)s2)n1. The highest BCUT2D eigenvalue weighted by Gasteiger charge is 2.26. The number of nitrogens with two attached hydrogens (primary N) is 1. The van der Waals surface area contributed by atoms with E-state index in [4.69, 9.17) is 29.7 Å². The number of anilines is 4. The molecule has 0 unspecified atom stereocenters. The lowest BCUT2D eigenvalue weighted by molar-refractivity contribution is 0.0820. The van der Waals surface area contributed by atoms with Gasteiger partial charge in [-0.15, -0.1) is 0 Å². The lowest BCUT2D eigenvalue weighted by Crippen LogP contribution is -2.44. The number of benzene rings is 2. The molecule has 22 heteroatoms. The van der Waals surface area contributed by atoms with Gasteiger partial charge in [0, 0.05) is 66.5 Å². The van der Waals surface area contributed by atoms with Crippen molar-refractivity contribution in [2.75, 3.05) is 102 Å². The fraction of sp³-hybridized carbons (Fsp3) is 0.381. The van der Waals surface area contributed by atoms with Crippen molar-refractivity contribution in [1.29, 1.82) is 0 Å². The maximum absolute atomic E-state index is 12.1. The minimum absolute atomic E-state index is 0.0746. The molecule has 2 saturated heterocycles. The summed E-state index contributed by atoms with van der Waals surface area (Å²) in [6.45, 7) is 7.85. The van der Waals surface area contributed by atoms with Crippen LogP contribution in [0, 0.1) is 0 Å². The van der Waals surface area contributed by atoms with Gasteiger partial charge >= 0.3 is 12.0 Å². The first kappa shape index (κ1) is 45.4. The molecule has 6 aromatic rings. The Labute approximate surface area is 378 Å². The fourth-order valence-electron chi connectivity index (χ4n) is 6.33. The zero-order valence-electron chi connectivity index (χ0n) is 36.8. The predicted molar refractivity (Wildman–Crippen MR) is 245 cm³/mol. The second-order valence-corrected chi connectivity index (χ2v) is 17.4. The lowest BCUT2D eigenvalue weighted by atomic mass is 10.2. The number of nitrogen functional groups attached to an aromatic ring is 1. The van der Waals surface area contributed by atoms with Crippen LogP contribution in [0.3, 0.4) is 0 Å². The molecule has 2 amide bonds. The molecule has 2 N–H and O–H groups in total. The van der Waals surface area contributed by atoms with E-state index in [1.54, 1.807) is 89.1 Å². The third kappa shape index (κ3) is 11.1. The van der Waals surface area contributed by atoms with E-state index in [1.165, 1.54) is 32.5 Å². The minimum atomic E-state index is -0.0830. The fourth-order valence-corrected chi connectivity index (χ4v) is 7.72. The highest BCUT2D eigenvalue weighted by atomic mass is 32.1. The number of ether oxygens (including phenoxy) is 4. The van der Waals surface area contributed by atoms with E-state index in [0.29, 0.717) is 90.8 Å². The number of carbonyl (C=O) groups is 2. The maximum atomic E-state index is 12.1. The van der Waals surface area contributed by atoms with Gasteiger partial charge in [0.05, 0.1) is 60.7 Å². The Kier molecular flexibility index (Phi) is 14.4. The molecule has 2 aliphatic heterocycles. The van der Waals surface area contributed by atoms with Gasteiger partial charge in [-0.3, -0.25) is 9.59 Å². The van der Waals surface area contributed by atoms with E-state index in [9.17, 15) is 9.59 Å². The molecule has 20 nitrogen and oxygen atoms in total. The molecule has 0 bridgehead atoms. The number of aromatic nitrogens is 8. The summed E-state index contributed by atoms with van der Waals surface area (Å²) in [7, 11) is 10.7. The summed E-state index contributed by atoms with van der Waals surface area (Å²) >= 11 is 2.79. The van der Waals surface area contributed by atoms with Crippen molar-refractivity contribution in [3.8, 4) is 44.9 Å². The van der Waals surface area contributed by atoms with Crippen LogP contribution in [0.25, 0.3) is 21.4 Å². The number of amides is 2. The molecular weight excluding hydrogens is 861 g/mol. The molecule has 0 saturated carbocycles. The van der Waals surface area contributed by atoms with Crippen molar-refractivity contribution in [1.82, 2.24) is 49.7 Å². The Bertz CT molecular complexity index is 2540. The number of hydrogen-bond donors (Lipinski definition) is 1. The van der Waals surface area contributed by atoms with Crippen LogP contribution in [-0.2, 0) is 9.47 Å². The molecule has 8 rings (SSSR count). The topological polar surface area (TPSA) is 216 Å². The van der Waals surface area contributed by atoms with E-state index in [2.05, 4.69) is 51.6 Å². The summed E-state index contributed by atoms with van der Waals surface area (Å²) in [6.07, 6.45) is 3.39. The lowest BCUT2D eigenvalue weighted by Gasteiger charge is -2.33. The van der Waals surface area contributed by atoms with Gasteiger partial charge in [-0.1, -0.05) is 22.7 Å². The molecule has 4 aromatic heterocycles. The van der Waals surface area contributed by atoms with Crippen LogP contribution in [0.5, 0.6) is 23.5 Å². The van der Waals surface area contributed by atoms with E-state index in [-0.39, 0.29) is 35.9 Å². The number of thiazole rings is 2. The molecule has 336 valence electrons. The monoisotopic (exact) mass is 910 g/mol. The highest BCUT2D eigenvalue weighted by molar-refractivity contribution is 7.19. The standard InChI is InChI=1S/C22H27N7O3S.C20H23N7O3S/c1-14-13-31-11-10-29(14)20-24-18(17-12-23-22(33-17)28(4)5)25-21(26-20)32-16-8-6-15(7-9-16)19(30)27(2)3;1-12-11-29-9-8-27(12)19-23-16(15-10-22-18(21)31-15)24-20(25-19)30-14-6-4-13(5-7-14)17(28)26(2)3/h6-9,12,14H,10-11,13H2,1-5H3;4-7,10,12H,8-9,11H2,1-3H3,(H2,21,22)/t14-;12-/m00/s1. The Morgan fingerprint density at radius 2 is 1.08 bits per heavy atom. The second kappa shape index (κ2) is 20.3. The Morgan fingerprint density at radius 1 is 0.641 bits per heavy atom. The molecule has 0 aliphatic carbocycles. The van der Waals surface area contributed by atoms with Crippen LogP contribution >= 0.6 is 22.7 Å². The van der Waals surface area contributed by atoms with Gasteiger partial charge in [0.2, 0.25) is 11.9 Å². The molecule has 64 heavy (non-hydrogen) atoms. The van der Waals surface area contributed by atoms with Crippen LogP contribution in [0.15, 0.2) is 60.9 Å². The number of hydrogen-bond acceptors (Lipinski definition) is 20. The molecule has 2 aromatic carbocycles. The molecule has 6 heterocycles. The summed E-state index contributed by atoms with van der Waals surface area (Å²) in [4.78, 5) is 70.9. The zero-order chi connectivity index (χ0) is 45.5. The van der Waals surface area contributed by atoms with Gasteiger partial charge in [0.25, 0.3) is 11.8 Å². The normalized spacial score (nSPS) is 16.1. The predicted octanol–water partition coefficient (Wildman–Crippen LogP) is 5.08. The number of carbonyl (C=O) groups excluding carboxylic acids is 2. The molecule has 0 spiro atoms. The summed E-state index contributed by atoms with van der Waals surface area (Å²) in [6, 6.07) is 14.3. The quantitative estimate of drug-likeness (QED) is 0.179. The van der Waals surface area contributed by atoms with Crippen LogP contribution < -0.4 is 29.9 Å². The highest BCUT2D eigenvalue weighted by Crippen LogP contribution is 2.32. The third-order valence-corrected chi connectivity index (χ3v) is 11.7. The summed E-state index contributed by atoms with van der Waals surface area (Å²) < 4.78 is 23.0. The van der Waals surface area contributed by atoms with Crippen molar-refractivity contribution in [3.63, 3.8) is 0 Å². The van der Waals surface area contributed by atoms with Gasteiger partial charge in [-0.2, -0.15) is 29.9 Å². The minimum Gasteiger partial charge on any atom is -0.424 e. The molecular formula is C42H50N14O6S2. The van der Waals surface area contributed by atoms with Gasteiger partial charge in [0.15, 0.2) is 21.9 Å². The van der Waals surface area contributed by atoms with E-state index in [0.717, 1.165) is 14.9 Å². The summed E-state index contributed by atoms with van der Waals surface area (Å²) in [5.41, 5.74) is 6.93. The van der Waals surface area contributed by atoms with Gasteiger partial charge in [-0.25, -0.2) is 9.97 Å². The van der Waals surface area contributed by atoms with E-state index in [1.807, 2.05) is 25.9 Å². The van der Waals surface area contributed by atoms with Crippen molar-refractivity contribution >= 4 is 56.6 Å². The molecule has 0 radical (unpaired) electrons. The Balaban J connectivity index is 0.000000192. The van der Waals surface area contributed by atoms with Gasteiger partial charge < -0.3 is 49.2 Å². The summed E-state index contributed by atoms with van der Waals surface area (Å²) in [5, 5.41) is 1.29. The summed E-state index contributed by atoms with van der Waals surface area (Å²) in [5.74, 6) is 2.85. The van der Waals surface area contributed by atoms with Crippen LogP contribution in [0.1, 0.15) is 34.6 Å². The van der Waals surface area contributed by atoms with Crippen molar-refractivity contribution in [2.24, 2.45) is 0 Å². The largest absolute Gasteiger partial charge is 0.424 e. The van der Waals surface area contributed by atoms with E-state index < -0.39 is 0 Å². The van der Waals surface area contributed by atoms with Gasteiger partial charge in [-0.05, 0) is 62.4 Å². The molecule has 2 atom stereocenters. The molecule has 2 fully saturated rings. The van der Waals surface area contributed by atoms with Gasteiger partial charge in [0.1, 0.15) is 11.5 Å². The van der Waals surface area contributed by atoms with Crippen molar-refractivity contribution < 1.29 is 28.5 Å². The van der Waals surface area contributed by atoms with Crippen molar-refractivity contribution in [2.45, 2.75) is 25.9 Å². The zero-order valence-corrected chi connectivity index (χ0v) is 38.5. The molecule has 2 aliphatic rings. The number of morpholine rings is 2. The van der Waals surface area contributed by atoms with E-state index >= 15 is 0 Å². The average molecular weight is 911 g/mol. The number of rotatable bonds is 11. The maximum Gasteiger partial charge on any atom is 0.327 e. The van der Waals surface area contributed by atoms with Crippen molar-refractivity contribution in [3.05, 3.63) is 72.1 Å². The number of nitrogens with zero attached hydrogens (tertiary/aromatic N) is 13. The first-order chi connectivity index (χ1) is 30.7. The first-order valence-corrected chi connectivity index (χ1v) is 21.9.